The third-order valence-electron chi connectivity index (χ3n) is 3.40. The van der Waals surface area contributed by atoms with Gasteiger partial charge in [-0.3, -0.25) is 4.79 Å². The maximum absolute atomic E-state index is 11.8. The van der Waals surface area contributed by atoms with Crippen molar-refractivity contribution in [1.29, 1.82) is 0 Å². The first-order valence-electron chi connectivity index (χ1n) is 7.94. The molecule has 2 saturated carbocycles. The van der Waals surface area contributed by atoms with E-state index in [4.69, 9.17) is 4.74 Å². The Morgan fingerprint density at radius 3 is 2.19 bits per heavy atom. The molecule has 0 atom stereocenters. The van der Waals surface area contributed by atoms with Crippen molar-refractivity contribution in [3.8, 4) is 0 Å². The number of rotatable bonds is 4. The van der Waals surface area contributed by atoms with E-state index in [1.807, 2.05) is 88.2 Å². The Balaban J connectivity index is 0.000000486. The molecule has 5 heteroatoms. The second-order valence-corrected chi connectivity index (χ2v) is 5.53. The average molecular weight is 390 g/mol. The fourth-order valence-electron chi connectivity index (χ4n) is 2.26. The summed E-state index contributed by atoms with van der Waals surface area (Å²) in [4.78, 5) is 18.1. The number of aliphatic imine (C=N–C) groups is 1. The molecule has 0 amide bonds. The third-order valence-corrected chi connectivity index (χ3v) is 3.40. The van der Waals surface area contributed by atoms with Crippen LogP contribution in [-0.2, 0) is 26.6 Å². The van der Waals surface area contributed by atoms with Crippen LogP contribution in [0.4, 0.5) is 5.69 Å². The fourth-order valence-corrected chi connectivity index (χ4v) is 2.26. The van der Waals surface area contributed by atoms with Gasteiger partial charge in [-0.1, -0.05) is 18.2 Å². The summed E-state index contributed by atoms with van der Waals surface area (Å²) >= 11 is 0. The Hall–Kier alpha value is -1.32. The molecule has 3 rings (SSSR count). The summed E-state index contributed by atoms with van der Waals surface area (Å²) in [6.07, 6.45) is 17.2. The zero-order valence-electron chi connectivity index (χ0n) is 15.1. The molecule has 0 heterocycles. The monoisotopic (exact) mass is 390 g/mol. The van der Waals surface area contributed by atoms with Crippen molar-refractivity contribution in [1.82, 2.24) is 4.90 Å². The first kappa shape index (κ1) is 22.7. The number of benzene rings is 1. The van der Waals surface area contributed by atoms with Gasteiger partial charge in [-0.15, -0.1) is 0 Å². The van der Waals surface area contributed by atoms with Crippen LogP contribution in [0.3, 0.4) is 0 Å². The molecular weight excluding hydrogens is 368 g/mol. The second kappa shape index (κ2) is 12.1. The zero-order valence-corrected chi connectivity index (χ0v) is 16.2. The van der Waals surface area contributed by atoms with Crippen LogP contribution < -0.4 is 0 Å². The Kier molecular flexibility index (Phi) is 10.6. The molecule has 4 nitrogen and oxygen atoms in total. The van der Waals surface area contributed by atoms with Gasteiger partial charge in [0.2, 0.25) is 0 Å². The van der Waals surface area contributed by atoms with E-state index in [9.17, 15) is 4.79 Å². The van der Waals surface area contributed by atoms with Gasteiger partial charge in [-0.2, -0.15) is 0 Å². The van der Waals surface area contributed by atoms with Gasteiger partial charge in [0.1, 0.15) is 0 Å². The molecule has 10 radical (unpaired) electrons. The third kappa shape index (κ3) is 6.77. The van der Waals surface area contributed by atoms with Crippen LogP contribution in [0.2, 0.25) is 0 Å². The number of methoxy groups -OCH3 is 1. The largest absolute Gasteiger partial charge is 2.00 e. The van der Waals surface area contributed by atoms with E-state index >= 15 is 0 Å². The van der Waals surface area contributed by atoms with Crippen molar-refractivity contribution >= 4 is 18.0 Å². The van der Waals surface area contributed by atoms with Gasteiger partial charge in [0.15, 0.2) is 0 Å². The van der Waals surface area contributed by atoms with Crippen LogP contribution in [0.5, 0.6) is 0 Å². The molecule has 2 aliphatic carbocycles. The van der Waals surface area contributed by atoms with E-state index in [-0.39, 0.29) is 23.0 Å². The van der Waals surface area contributed by atoms with Crippen molar-refractivity contribution in [3.63, 3.8) is 0 Å². The molecule has 0 N–H and O–H groups in total. The predicted molar refractivity (Wildman–Crippen MR) is 100 cm³/mol. The summed E-state index contributed by atoms with van der Waals surface area (Å²) in [6, 6.07) is 7.72. The number of esters is 1. The summed E-state index contributed by atoms with van der Waals surface area (Å²) in [5.41, 5.74) is 1.73. The average Bonchev–Trinajstić information content (AvgIpc) is 3.33. The van der Waals surface area contributed by atoms with Crippen LogP contribution in [0.15, 0.2) is 29.3 Å². The Morgan fingerprint density at radius 1 is 1.00 bits per heavy atom. The van der Waals surface area contributed by atoms with Gasteiger partial charge < -0.3 is 9.64 Å². The fraction of sp³-hybridized carbons (Fsp3) is 0.143. The Morgan fingerprint density at radius 2 is 1.62 bits per heavy atom. The minimum absolute atomic E-state index is 0. The predicted octanol–water partition coefficient (Wildman–Crippen LogP) is 3.22. The van der Waals surface area contributed by atoms with E-state index < -0.39 is 0 Å². The van der Waals surface area contributed by atoms with E-state index in [2.05, 4.69) is 4.99 Å². The maximum atomic E-state index is 11.8. The smallest absolute Gasteiger partial charge is 0.469 e. The zero-order chi connectivity index (χ0) is 18.1. The number of hydrogen-bond acceptors (Lipinski definition) is 3. The molecule has 26 heavy (non-hydrogen) atoms. The Bertz CT molecular complexity index is 563. The van der Waals surface area contributed by atoms with Crippen molar-refractivity contribution in [2.24, 2.45) is 4.99 Å². The second-order valence-electron chi connectivity index (χ2n) is 5.53. The number of hydrogen-bond donors (Lipinski definition) is 0. The van der Waals surface area contributed by atoms with Gasteiger partial charge in [-0.05, 0) is 63.0 Å². The standard InChI is InChI=1S/C16H17N2O2.C5H5.Fe/c1-18(2)11-17-15-10-5-4-7-13(15)12-8-6-9-14(12)16(19)20-3;1-2-4-5-3-1;/h4-11H,1-3H3;1-5H;/q;;+2. The first-order valence-corrected chi connectivity index (χ1v) is 7.94. The molecule has 0 aromatic heterocycles. The van der Waals surface area contributed by atoms with E-state index in [1.165, 1.54) is 7.11 Å². The molecule has 0 unspecified atom stereocenters. The molecule has 0 bridgehead atoms. The number of carbonyl (C=O) groups is 1. The summed E-state index contributed by atoms with van der Waals surface area (Å²) in [6.45, 7) is 0. The molecule has 0 spiro atoms. The summed E-state index contributed by atoms with van der Waals surface area (Å²) in [7, 11) is 5.21. The Labute approximate surface area is 168 Å². The molecule has 2 fully saturated rings. The summed E-state index contributed by atoms with van der Waals surface area (Å²) < 4.78 is 4.81. The normalized spacial score (nSPS) is 17.5. The van der Waals surface area contributed by atoms with Crippen molar-refractivity contribution in [3.05, 3.63) is 93.0 Å². The van der Waals surface area contributed by atoms with Gasteiger partial charge >= 0.3 is 23.0 Å². The molecule has 134 valence electrons. The van der Waals surface area contributed by atoms with E-state index in [0.29, 0.717) is 5.92 Å². The minimum Gasteiger partial charge on any atom is -0.469 e. The molecule has 1 aromatic rings. The SMILES string of the molecule is COC(=O)[C]1[CH][CH][CH][C]1c1ccccc1N=CN(C)C.[CH]1[CH][CH][CH][CH]1.[Fe+2]. The number of nitrogens with zero attached hydrogens (tertiary/aromatic N) is 2. The molecule has 0 saturated heterocycles. The van der Waals surface area contributed by atoms with Crippen LogP contribution in [0.1, 0.15) is 5.56 Å². The van der Waals surface area contributed by atoms with Crippen molar-refractivity contribution in [2.45, 2.75) is 0 Å². The number of ether oxygens (including phenoxy) is 1. The molecule has 2 aliphatic rings. The summed E-state index contributed by atoms with van der Waals surface area (Å²) in [5, 5.41) is 0. The van der Waals surface area contributed by atoms with E-state index in [0.717, 1.165) is 17.2 Å². The van der Waals surface area contributed by atoms with Gasteiger partial charge in [0.05, 0.1) is 25.1 Å². The van der Waals surface area contributed by atoms with Gasteiger partial charge in [0.25, 0.3) is 0 Å². The number of carbonyl (C=O) groups excluding carboxylic acids is 1. The molecule has 0 aliphatic heterocycles. The van der Waals surface area contributed by atoms with Gasteiger partial charge in [0, 0.05) is 20.0 Å². The van der Waals surface area contributed by atoms with Crippen LogP contribution in [0, 0.1) is 63.2 Å². The summed E-state index contributed by atoms with van der Waals surface area (Å²) in [5.74, 6) is 1.06. The quantitative estimate of drug-likeness (QED) is 0.343. The molecule has 1 aromatic carbocycles. The topological polar surface area (TPSA) is 41.9 Å². The molecular formula is C21H22FeN2O2+2. The van der Waals surface area contributed by atoms with Crippen LogP contribution in [0.25, 0.3) is 0 Å². The van der Waals surface area contributed by atoms with Crippen LogP contribution in [-0.4, -0.2) is 38.4 Å². The van der Waals surface area contributed by atoms with Crippen molar-refractivity contribution in [2.75, 3.05) is 21.2 Å². The van der Waals surface area contributed by atoms with Gasteiger partial charge in [-0.25, -0.2) is 4.99 Å². The number of para-hydroxylation sites is 1. The van der Waals surface area contributed by atoms with Crippen molar-refractivity contribution < 1.29 is 26.6 Å². The van der Waals surface area contributed by atoms with E-state index in [1.54, 1.807) is 12.8 Å². The minimum atomic E-state index is -0.337. The maximum Gasteiger partial charge on any atom is 2.00 e. The first-order chi connectivity index (χ1) is 12.1. The van der Waals surface area contributed by atoms with Crippen LogP contribution >= 0.6 is 0 Å².